The summed E-state index contributed by atoms with van der Waals surface area (Å²) in [5.74, 6) is -0.773. The van der Waals surface area contributed by atoms with E-state index in [0.717, 1.165) is 0 Å². The molecule has 1 heterocycles. The van der Waals surface area contributed by atoms with Crippen LogP contribution < -0.4 is 0 Å². The first kappa shape index (κ1) is 11.4. The summed E-state index contributed by atoms with van der Waals surface area (Å²) >= 11 is 1.90. The van der Waals surface area contributed by atoms with E-state index in [1.807, 2.05) is 22.6 Å². The number of halogens is 2. The molecule has 0 aliphatic rings. The van der Waals surface area contributed by atoms with Gasteiger partial charge in [0.25, 0.3) is 0 Å². The molecule has 5 heteroatoms. The molecule has 0 fully saturated rings. The number of aromatic nitrogens is 1. The zero-order valence-electron chi connectivity index (χ0n) is 7.59. The third-order valence-electron chi connectivity index (χ3n) is 1.44. The van der Waals surface area contributed by atoms with Crippen LogP contribution in [0.25, 0.3) is 0 Å². The lowest BCUT2D eigenvalue weighted by Crippen LogP contribution is -2.09. The topological polar surface area (TPSA) is 39.2 Å². The molecule has 0 radical (unpaired) electrons. The van der Waals surface area contributed by atoms with Crippen LogP contribution in [-0.4, -0.2) is 17.6 Å². The van der Waals surface area contributed by atoms with Crippen molar-refractivity contribution in [3.05, 3.63) is 27.3 Å². The smallest absolute Gasteiger partial charge is 0.311 e. The van der Waals surface area contributed by atoms with Gasteiger partial charge in [-0.05, 0) is 35.6 Å². The highest BCUT2D eigenvalue weighted by Crippen LogP contribution is 2.07. The Bertz CT molecular complexity index is 323. The summed E-state index contributed by atoms with van der Waals surface area (Å²) in [5, 5.41) is 0. The molecular formula is C9H9FINO2. The fourth-order valence-corrected chi connectivity index (χ4v) is 1.57. The van der Waals surface area contributed by atoms with Crippen molar-refractivity contribution in [3.8, 4) is 0 Å². The number of nitrogens with zero attached hydrogens (tertiary/aromatic N) is 1. The molecule has 76 valence electrons. The standard InChI is InChI=1S/C9H9FINO2/c1-2-14-9(13)5-7-3-6(10)4-8(11)12-7/h3-4H,2,5H2,1H3. The number of hydrogen-bond donors (Lipinski definition) is 0. The summed E-state index contributed by atoms with van der Waals surface area (Å²) in [5.41, 5.74) is 0.396. The van der Waals surface area contributed by atoms with Crippen molar-refractivity contribution in [2.75, 3.05) is 6.61 Å². The maximum Gasteiger partial charge on any atom is 0.311 e. The van der Waals surface area contributed by atoms with Crippen molar-refractivity contribution in [2.45, 2.75) is 13.3 Å². The molecule has 0 aliphatic heterocycles. The van der Waals surface area contributed by atoms with E-state index in [2.05, 4.69) is 4.98 Å². The molecule has 0 N–H and O–H groups in total. The largest absolute Gasteiger partial charge is 0.466 e. The van der Waals surface area contributed by atoms with Gasteiger partial charge in [0.15, 0.2) is 0 Å². The van der Waals surface area contributed by atoms with Crippen LogP contribution in [0, 0.1) is 9.52 Å². The van der Waals surface area contributed by atoms with E-state index in [1.165, 1.54) is 12.1 Å². The van der Waals surface area contributed by atoms with Gasteiger partial charge in [0.2, 0.25) is 0 Å². The number of carbonyl (C=O) groups excluding carboxylic acids is 1. The van der Waals surface area contributed by atoms with E-state index in [4.69, 9.17) is 4.74 Å². The van der Waals surface area contributed by atoms with Crippen molar-refractivity contribution in [1.29, 1.82) is 0 Å². The number of rotatable bonds is 3. The Morgan fingerprint density at radius 2 is 2.36 bits per heavy atom. The van der Waals surface area contributed by atoms with E-state index in [-0.39, 0.29) is 18.2 Å². The number of pyridine rings is 1. The minimum Gasteiger partial charge on any atom is -0.466 e. The minimum atomic E-state index is -0.388. The van der Waals surface area contributed by atoms with Crippen LogP contribution in [0.5, 0.6) is 0 Å². The lowest BCUT2D eigenvalue weighted by molar-refractivity contribution is -0.142. The first-order valence-corrected chi connectivity index (χ1v) is 5.17. The van der Waals surface area contributed by atoms with E-state index < -0.39 is 0 Å². The van der Waals surface area contributed by atoms with E-state index in [9.17, 15) is 9.18 Å². The zero-order chi connectivity index (χ0) is 10.6. The highest BCUT2D eigenvalue weighted by atomic mass is 127. The molecule has 14 heavy (non-hydrogen) atoms. The molecule has 0 amide bonds. The summed E-state index contributed by atoms with van der Waals surface area (Å²) in [6.07, 6.45) is 0.0155. The highest BCUT2D eigenvalue weighted by molar-refractivity contribution is 14.1. The van der Waals surface area contributed by atoms with Gasteiger partial charge in [0.05, 0.1) is 18.7 Å². The number of hydrogen-bond acceptors (Lipinski definition) is 3. The molecule has 1 aromatic rings. The van der Waals surface area contributed by atoms with Crippen LogP contribution in [0.2, 0.25) is 0 Å². The second-order valence-electron chi connectivity index (χ2n) is 2.58. The van der Waals surface area contributed by atoms with Gasteiger partial charge in [-0.1, -0.05) is 0 Å². The maximum absolute atomic E-state index is 12.9. The van der Waals surface area contributed by atoms with Gasteiger partial charge in [-0.3, -0.25) is 4.79 Å². The van der Waals surface area contributed by atoms with Crippen LogP contribution in [0.1, 0.15) is 12.6 Å². The van der Waals surface area contributed by atoms with Crippen LogP contribution >= 0.6 is 22.6 Å². The Morgan fingerprint density at radius 1 is 1.64 bits per heavy atom. The Balaban J connectivity index is 2.71. The highest BCUT2D eigenvalue weighted by Gasteiger charge is 2.07. The minimum absolute atomic E-state index is 0.0155. The van der Waals surface area contributed by atoms with Crippen molar-refractivity contribution >= 4 is 28.6 Å². The fraction of sp³-hybridized carbons (Fsp3) is 0.333. The molecule has 0 aliphatic carbocycles. The van der Waals surface area contributed by atoms with Gasteiger partial charge in [-0.15, -0.1) is 0 Å². The monoisotopic (exact) mass is 309 g/mol. The summed E-state index contributed by atoms with van der Waals surface area (Å²) in [6, 6.07) is 2.54. The molecule has 0 atom stereocenters. The van der Waals surface area contributed by atoms with E-state index in [0.29, 0.717) is 16.0 Å². The molecule has 1 aromatic heterocycles. The van der Waals surface area contributed by atoms with Crippen molar-refractivity contribution in [2.24, 2.45) is 0 Å². The van der Waals surface area contributed by atoms with Crippen LogP contribution in [-0.2, 0) is 16.0 Å². The first-order valence-electron chi connectivity index (χ1n) is 4.09. The molecule has 0 spiro atoms. The van der Waals surface area contributed by atoms with E-state index >= 15 is 0 Å². The summed E-state index contributed by atoms with van der Waals surface area (Å²) in [7, 11) is 0. The lowest BCUT2D eigenvalue weighted by atomic mass is 10.3. The number of carbonyl (C=O) groups is 1. The Hall–Kier alpha value is -0.720. The van der Waals surface area contributed by atoms with E-state index in [1.54, 1.807) is 6.92 Å². The molecule has 1 rings (SSSR count). The zero-order valence-corrected chi connectivity index (χ0v) is 9.75. The average Bonchev–Trinajstić information content (AvgIpc) is 2.01. The normalized spacial score (nSPS) is 9.93. The SMILES string of the molecule is CCOC(=O)Cc1cc(F)cc(I)n1. The lowest BCUT2D eigenvalue weighted by Gasteiger charge is -2.01. The van der Waals surface area contributed by atoms with Gasteiger partial charge in [-0.25, -0.2) is 9.37 Å². The van der Waals surface area contributed by atoms with Crippen LogP contribution in [0.4, 0.5) is 4.39 Å². The fourth-order valence-electron chi connectivity index (χ4n) is 0.967. The predicted octanol–water partition coefficient (Wildman–Crippen LogP) is 1.93. The maximum atomic E-state index is 12.9. The molecule has 0 aromatic carbocycles. The Morgan fingerprint density at radius 3 is 2.93 bits per heavy atom. The van der Waals surface area contributed by atoms with Crippen LogP contribution in [0.3, 0.4) is 0 Å². The molecule has 0 bridgehead atoms. The van der Waals surface area contributed by atoms with Crippen molar-refractivity contribution in [3.63, 3.8) is 0 Å². The average molecular weight is 309 g/mol. The second kappa shape index (κ2) is 5.23. The third-order valence-corrected chi connectivity index (χ3v) is 2.00. The van der Waals surface area contributed by atoms with Gasteiger partial charge in [0, 0.05) is 6.07 Å². The Kier molecular flexibility index (Phi) is 4.24. The summed E-state index contributed by atoms with van der Waals surface area (Å²) in [4.78, 5) is 15.1. The van der Waals surface area contributed by atoms with Crippen molar-refractivity contribution in [1.82, 2.24) is 4.98 Å². The molecule has 0 saturated carbocycles. The van der Waals surface area contributed by atoms with Gasteiger partial charge in [0.1, 0.15) is 9.52 Å². The number of ether oxygens (including phenoxy) is 1. The van der Waals surface area contributed by atoms with Crippen molar-refractivity contribution < 1.29 is 13.9 Å². The molecule has 0 saturated heterocycles. The van der Waals surface area contributed by atoms with Gasteiger partial charge in [-0.2, -0.15) is 0 Å². The second-order valence-corrected chi connectivity index (χ2v) is 3.69. The molecule has 0 unspecified atom stereocenters. The number of esters is 1. The molecule has 3 nitrogen and oxygen atoms in total. The third kappa shape index (κ3) is 3.57. The van der Waals surface area contributed by atoms with Gasteiger partial charge >= 0.3 is 5.97 Å². The Labute approximate surface area is 94.8 Å². The summed E-state index contributed by atoms with van der Waals surface area (Å²) < 4.78 is 18.1. The predicted molar refractivity (Wildman–Crippen MR) is 57.2 cm³/mol. The van der Waals surface area contributed by atoms with Gasteiger partial charge < -0.3 is 4.74 Å². The van der Waals surface area contributed by atoms with Crippen LogP contribution in [0.15, 0.2) is 12.1 Å². The first-order chi connectivity index (χ1) is 6.61. The quantitative estimate of drug-likeness (QED) is 0.486. The molecular weight excluding hydrogens is 300 g/mol. The summed E-state index contributed by atoms with van der Waals surface area (Å²) in [6.45, 7) is 2.05.